The van der Waals surface area contributed by atoms with Crippen LogP contribution in [0.15, 0.2) is 18.3 Å². The predicted octanol–water partition coefficient (Wildman–Crippen LogP) is 1.39. The minimum Gasteiger partial charge on any atom is -0.465 e. The molecule has 1 fully saturated rings. The summed E-state index contributed by atoms with van der Waals surface area (Å²) >= 11 is 0. The van der Waals surface area contributed by atoms with Crippen LogP contribution in [0.3, 0.4) is 0 Å². The van der Waals surface area contributed by atoms with E-state index in [4.69, 9.17) is 0 Å². The fourth-order valence-corrected chi connectivity index (χ4v) is 2.42. The maximum absolute atomic E-state index is 11.3. The van der Waals surface area contributed by atoms with Crippen LogP contribution in [0.2, 0.25) is 0 Å². The van der Waals surface area contributed by atoms with Crippen molar-refractivity contribution < 1.29 is 9.53 Å². The largest absolute Gasteiger partial charge is 0.465 e. The van der Waals surface area contributed by atoms with Crippen molar-refractivity contribution in [2.75, 3.05) is 33.3 Å². The molecular weight excluding hydrogens is 254 g/mol. The second-order valence-electron chi connectivity index (χ2n) is 5.44. The lowest BCUT2D eigenvalue weighted by atomic mass is 10.2. The van der Waals surface area contributed by atoms with E-state index < -0.39 is 0 Å². The van der Waals surface area contributed by atoms with Crippen LogP contribution in [0.1, 0.15) is 29.9 Å². The summed E-state index contributed by atoms with van der Waals surface area (Å²) in [6.45, 7) is 9.67. The van der Waals surface area contributed by atoms with Crippen LogP contribution in [0.4, 0.5) is 0 Å². The van der Waals surface area contributed by atoms with Gasteiger partial charge in [-0.25, -0.2) is 4.79 Å². The van der Waals surface area contributed by atoms with Gasteiger partial charge in [-0.15, -0.1) is 0 Å². The zero-order chi connectivity index (χ0) is 14.5. The summed E-state index contributed by atoms with van der Waals surface area (Å²) in [6, 6.07) is 4.30. The highest BCUT2D eigenvalue weighted by molar-refractivity contribution is 5.88. The molecule has 20 heavy (non-hydrogen) atoms. The number of ether oxygens (including phenoxy) is 1. The molecule has 1 aromatic heterocycles. The van der Waals surface area contributed by atoms with Crippen molar-refractivity contribution in [3.63, 3.8) is 0 Å². The SMILES string of the molecule is COC(=O)c1ccc(CN2CCN(C(C)C)CC2)nc1. The average molecular weight is 277 g/mol. The van der Waals surface area contributed by atoms with Crippen LogP contribution in [0.25, 0.3) is 0 Å². The molecular formula is C15H23N3O2. The number of piperazine rings is 1. The van der Waals surface area contributed by atoms with E-state index in [1.54, 1.807) is 12.3 Å². The van der Waals surface area contributed by atoms with Crippen molar-refractivity contribution in [1.29, 1.82) is 0 Å². The van der Waals surface area contributed by atoms with E-state index in [-0.39, 0.29) is 5.97 Å². The fraction of sp³-hybridized carbons (Fsp3) is 0.600. The topological polar surface area (TPSA) is 45.7 Å². The lowest BCUT2D eigenvalue weighted by molar-refractivity contribution is 0.0600. The highest BCUT2D eigenvalue weighted by Gasteiger charge is 2.19. The van der Waals surface area contributed by atoms with Crippen LogP contribution in [0, 0.1) is 0 Å². The zero-order valence-corrected chi connectivity index (χ0v) is 12.5. The molecule has 5 nitrogen and oxygen atoms in total. The Kier molecular flexibility index (Phi) is 5.09. The fourth-order valence-electron chi connectivity index (χ4n) is 2.42. The van der Waals surface area contributed by atoms with Gasteiger partial charge in [-0.05, 0) is 26.0 Å². The van der Waals surface area contributed by atoms with Gasteiger partial charge in [-0.2, -0.15) is 0 Å². The number of nitrogens with zero attached hydrogens (tertiary/aromatic N) is 3. The molecule has 0 radical (unpaired) electrons. The van der Waals surface area contributed by atoms with Crippen molar-refractivity contribution in [2.24, 2.45) is 0 Å². The molecule has 0 amide bonds. The first-order chi connectivity index (χ1) is 9.60. The summed E-state index contributed by atoms with van der Waals surface area (Å²) in [5.74, 6) is -0.338. The second kappa shape index (κ2) is 6.81. The van der Waals surface area contributed by atoms with E-state index in [0.29, 0.717) is 11.6 Å². The minimum absolute atomic E-state index is 0.338. The predicted molar refractivity (Wildman–Crippen MR) is 77.6 cm³/mol. The Bertz CT molecular complexity index is 437. The van der Waals surface area contributed by atoms with Crippen molar-refractivity contribution in [2.45, 2.75) is 26.4 Å². The maximum atomic E-state index is 11.3. The Morgan fingerprint density at radius 1 is 1.30 bits per heavy atom. The normalized spacial score (nSPS) is 17.4. The van der Waals surface area contributed by atoms with Crippen molar-refractivity contribution in [3.8, 4) is 0 Å². The molecule has 2 rings (SSSR count). The molecule has 1 saturated heterocycles. The molecule has 0 aromatic carbocycles. The summed E-state index contributed by atoms with van der Waals surface area (Å²) < 4.78 is 4.67. The number of hydrogen-bond donors (Lipinski definition) is 0. The van der Waals surface area contributed by atoms with Gasteiger partial charge < -0.3 is 4.74 Å². The van der Waals surface area contributed by atoms with Gasteiger partial charge in [0.05, 0.1) is 18.4 Å². The third-order valence-corrected chi connectivity index (χ3v) is 3.77. The van der Waals surface area contributed by atoms with Crippen molar-refractivity contribution >= 4 is 5.97 Å². The molecule has 0 spiro atoms. The molecule has 0 saturated carbocycles. The van der Waals surface area contributed by atoms with E-state index in [2.05, 4.69) is 33.4 Å². The number of methoxy groups -OCH3 is 1. The Labute approximate surface area is 120 Å². The second-order valence-corrected chi connectivity index (χ2v) is 5.44. The van der Waals surface area contributed by atoms with Crippen LogP contribution in [0.5, 0.6) is 0 Å². The van der Waals surface area contributed by atoms with E-state index in [0.717, 1.165) is 38.4 Å². The van der Waals surface area contributed by atoms with Crippen LogP contribution < -0.4 is 0 Å². The van der Waals surface area contributed by atoms with Gasteiger partial charge in [-0.1, -0.05) is 0 Å². The summed E-state index contributed by atoms with van der Waals surface area (Å²) in [4.78, 5) is 20.6. The monoisotopic (exact) mass is 277 g/mol. The molecule has 5 heteroatoms. The van der Waals surface area contributed by atoms with Crippen molar-refractivity contribution in [3.05, 3.63) is 29.6 Å². The van der Waals surface area contributed by atoms with E-state index >= 15 is 0 Å². The zero-order valence-electron chi connectivity index (χ0n) is 12.5. The molecule has 0 bridgehead atoms. The number of aromatic nitrogens is 1. The molecule has 1 aromatic rings. The molecule has 2 heterocycles. The first-order valence-electron chi connectivity index (χ1n) is 7.10. The first kappa shape index (κ1) is 14.9. The standard InChI is InChI=1S/C15H23N3O2/c1-12(2)18-8-6-17(7-9-18)11-14-5-4-13(10-16-14)15(19)20-3/h4-5,10,12H,6-9,11H2,1-3H3. The number of esters is 1. The van der Waals surface area contributed by atoms with Crippen LogP contribution >= 0.6 is 0 Å². The highest BCUT2D eigenvalue weighted by Crippen LogP contribution is 2.10. The van der Waals surface area contributed by atoms with Gasteiger partial charge in [0.15, 0.2) is 0 Å². The molecule has 1 aliphatic rings. The number of pyridine rings is 1. The smallest absolute Gasteiger partial charge is 0.339 e. The lowest BCUT2D eigenvalue weighted by Crippen LogP contribution is -2.48. The van der Waals surface area contributed by atoms with Gasteiger partial charge in [0.25, 0.3) is 0 Å². The Morgan fingerprint density at radius 3 is 2.50 bits per heavy atom. The average Bonchev–Trinajstić information content (AvgIpc) is 2.48. The van der Waals surface area contributed by atoms with E-state index in [1.807, 2.05) is 6.07 Å². The summed E-state index contributed by atoms with van der Waals surface area (Å²) in [5, 5.41) is 0. The third-order valence-electron chi connectivity index (χ3n) is 3.77. The Hall–Kier alpha value is -1.46. The molecule has 1 aliphatic heterocycles. The first-order valence-corrected chi connectivity index (χ1v) is 7.10. The number of carbonyl (C=O) groups excluding carboxylic acids is 1. The molecule has 0 aliphatic carbocycles. The lowest BCUT2D eigenvalue weighted by Gasteiger charge is -2.36. The molecule has 0 N–H and O–H groups in total. The summed E-state index contributed by atoms with van der Waals surface area (Å²) in [7, 11) is 1.38. The number of rotatable bonds is 4. The molecule has 110 valence electrons. The van der Waals surface area contributed by atoms with Gasteiger partial charge >= 0.3 is 5.97 Å². The van der Waals surface area contributed by atoms with E-state index in [9.17, 15) is 4.79 Å². The van der Waals surface area contributed by atoms with E-state index in [1.165, 1.54) is 7.11 Å². The highest BCUT2D eigenvalue weighted by atomic mass is 16.5. The van der Waals surface area contributed by atoms with Crippen molar-refractivity contribution in [1.82, 2.24) is 14.8 Å². The maximum Gasteiger partial charge on any atom is 0.339 e. The van der Waals surface area contributed by atoms with Gasteiger partial charge in [0.2, 0.25) is 0 Å². The number of hydrogen-bond acceptors (Lipinski definition) is 5. The van der Waals surface area contributed by atoms with Gasteiger partial charge in [0, 0.05) is 45.0 Å². The minimum atomic E-state index is -0.338. The Balaban J connectivity index is 1.87. The summed E-state index contributed by atoms with van der Waals surface area (Å²) in [5.41, 5.74) is 1.50. The van der Waals surface area contributed by atoms with Gasteiger partial charge in [0.1, 0.15) is 0 Å². The third kappa shape index (κ3) is 3.77. The van der Waals surface area contributed by atoms with Crippen LogP contribution in [-0.4, -0.2) is 60.1 Å². The summed E-state index contributed by atoms with van der Waals surface area (Å²) in [6.07, 6.45) is 1.59. The quantitative estimate of drug-likeness (QED) is 0.778. The number of carbonyl (C=O) groups is 1. The Morgan fingerprint density at radius 2 is 2.00 bits per heavy atom. The molecule has 0 unspecified atom stereocenters. The van der Waals surface area contributed by atoms with Crippen LogP contribution in [-0.2, 0) is 11.3 Å². The van der Waals surface area contributed by atoms with Gasteiger partial charge in [-0.3, -0.25) is 14.8 Å². The molecule has 0 atom stereocenters.